The van der Waals surface area contributed by atoms with Gasteiger partial charge in [0.15, 0.2) is 0 Å². The van der Waals surface area contributed by atoms with Crippen molar-refractivity contribution < 1.29 is 37.6 Å². The summed E-state index contributed by atoms with van der Waals surface area (Å²) in [4.78, 5) is 0. The van der Waals surface area contributed by atoms with Crippen LogP contribution in [0.1, 0.15) is 59.8 Å². The largest absolute Gasteiger partial charge is 0.405 e. The maximum Gasteiger partial charge on any atom is 0.261 e. The lowest BCUT2D eigenvalue weighted by molar-refractivity contribution is -0.0213. The molecule has 46 heavy (non-hydrogen) atoms. The van der Waals surface area contributed by atoms with E-state index in [1.807, 2.05) is 0 Å². The number of ether oxygens (including phenoxy) is 7. The maximum absolute atomic E-state index is 6.84. The molecule has 0 atom stereocenters. The second kappa shape index (κ2) is 26.3. The molecule has 2 aromatic rings. The fourth-order valence-electron chi connectivity index (χ4n) is 5.24. The lowest BCUT2D eigenvalue weighted by Gasteiger charge is -2.43. The summed E-state index contributed by atoms with van der Waals surface area (Å²) in [6, 6.07) is 21.3. The molecule has 0 aromatic heterocycles. The molecule has 0 fully saturated rings. The molecule has 0 saturated carbocycles. The minimum Gasteiger partial charge on any atom is -0.405 e. The van der Waals surface area contributed by atoms with Crippen LogP contribution in [0, 0.1) is 0 Å². The van der Waals surface area contributed by atoms with Crippen LogP contribution in [-0.4, -0.2) is 107 Å². The molecule has 0 N–H and O–H groups in total. The normalized spacial score (nSPS) is 12.2. The SMILES string of the molecule is CCCCCCCOCCOCCOCCOCCOCCOCCOCCO[Si](c1ccccc1)(c1ccccc1)C(C)(C)C. The Balaban J connectivity index is 1.40. The van der Waals surface area contributed by atoms with Gasteiger partial charge in [-0.15, -0.1) is 0 Å². The lowest BCUT2D eigenvalue weighted by Crippen LogP contribution is -2.66. The molecule has 0 radical (unpaired) electrons. The Bertz CT molecular complexity index is 902. The third kappa shape index (κ3) is 16.9. The van der Waals surface area contributed by atoms with Crippen LogP contribution in [0.5, 0.6) is 0 Å². The molecule has 0 bridgehead atoms. The second-order valence-corrected chi connectivity index (χ2v) is 16.5. The van der Waals surface area contributed by atoms with Crippen molar-refractivity contribution in [3.8, 4) is 0 Å². The molecule has 0 unspecified atom stereocenters. The van der Waals surface area contributed by atoms with Gasteiger partial charge in [-0.05, 0) is 21.8 Å². The Morgan fingerprint density at radius 1 is 0.413 bits per heavy atom. The maximum atomic E-state index is 6.84. The van der Waals surface area contributed by atoms with Crippen LogP contribution >= 0.6 is 0 Å². The van der Waals surface area contributed by atoms with Crippen LogP contribution in [0.3, 0.4) is 0 Å². The topological polar surface area (TPSA) is 73.8 Å². The summed E-state index contributed by atoms with van der Waals surface area (Å²) in [5.74, 6) is 0. The van der Waals surface area contributed by atoms with Crippen LogP contribution < -0.4 is 10.4 Å². The second-order valence-electron chi connectivity index (χ2n) is 12.2. The average molecular weight is 663 g/mol. The molecule has 0 aliphatic heterocycles. The standard InChI is InChI=1S/C37H62O8Si/c1-5-6-7-8-15-20-38-21-22-39-23-24-40-25-26-41-27-28-42-29-30-43-31-32-44-33-34-45-46(37(2,3)4,35-16-11-9-12-17-35)36-18-13-10-14-19-36/h9-14,16-19H,5-8,15,20-34H2,1-4H3. The highest BCUT2D eigenvalue weighted by Gasteiger charge is 2.49. The van der Waals surface area contributed by atoms with Crippen molar-refractivity contribution in [2.45, 2.75) is 64.8 Å². The van der Waals surface area contributed by atoms with Gasteiger partial charge in [0.25, 0.3) is 8.32 Å². The first-order valence-electron chi connectivity index (χ1n) is 17.3. The van der Waals surface area contributed by atoms with E-state index in [0.29, 0.717) is 92.5 Å². The Kier molecular flexibility index (Phi) is 23.2. The number of unbranched alkanes of at least 4 members (excludes halogenated alkanes) is 4. The van der Waals surface area contributed by atoms with E-state index in [9.17, 15) is 0 Å². The monoisotopic (exact) mass is 662 g/mol. The van der Waals surface area contributed by atoms with E-state index in [2.05, 4.69) is 88.4 Å². The molecule has 0 aliphatic rings. The fourth-order valence-corrected chi connectivity index (χ4v) is 9.79. The zero-order valence-corrected chi connectivity index (χ0v) is 30.2. The van der Waals surface area contributed by atoms with Crippen LogP contribution in [0.25, 0.3) is 0 Å². The molecule has 0 saturated heterocycles. The zero-order valence-electron chi connectivity index (χ0n) is 29.2. The molecule has 2 rings (SSSR count). The van der Waals surface area contributed by atoms with E-state index in [4.69, 9.17) is 37.6 Å². The van der Waals surface area contributed by atoms with Gasteiger partial charge in [0.05, 0.1) is 92.5 Å². The Morgan fingerprint density at radius 2 is 0.739 bits per heavy atom. The van der Waals surface area contributed by atoms with E-state index in [1.165, 1.54) is 36.1 Å². The van der Waals surface area contributed by atoms with Gasteiger partial charge in [-0.25, -0.2) is 0 Å². The molecule has 9 heteroatoms. The van der Waals surface area contributed by atoms with Crippen molar-refractivity contribution in [3.63, 3.8) is 0 Å². The van der Waals surface area contributed by atoms with E-state index >= 15 is 0 Å². The fraction of sp³-hybridized carbons (Fsp3) is 0.676. The van der Waals surface area contributed by atoms with Crippen LogP contribution in [0.2, 0.25) is 5.04 Å². The average Bonchev–Trinajstić information content (AvgIpc) is 3.06. The van der Waals surface area contributed by atoms with E-state index < -0.39 is 8.32 Å². The van der Waals surface area contributed by atoms with Crippen LogP contribution in [-0.2, 0) is 37.6 Å². The van der Waals surface area contributed by atoms with Gasteiger partial charge in [0.1, 0.15) is 0 Å². The smallest absolute Gasteiger partial charge is 0.261 e. The van der Waals surface area contributed by atoms with Crippen molar-refractivity contribution in [1.29, 1.82) is 0 Å². The highest BCUT2D eigenvalue weighted by atomic mass is 28.4. The van der Waals surface area contributed by atoms with Gasteiger partial charge in [-0.2, -0.15) is 0 Å². The summed E-state index contributed by atoms with van der Waals surface area (Å²) >= 11 is 0. The minimum absolute atomic E-state index is 0.0461. The zero-order chi connectivity index (χ0) is 33.0. The first-order chi connectivity index (χ1) is 22.5. The van der Waals surface area contributed by atoms with Gasteiger partial charge in [0, 0.05) is 6.61 Å². The third-order valence-corrected chi connectivity index (χ3v) is 12.6. The van der Waals surface area contributed by atoms with Crippen molar-refractivity contribution in [2.75, 3.05) is 99.1 Å². The summed E-state index contributed by atoms with van der Waals surface area (Å²) < 4.78 is 46.1. The molecule has 2 aromatic carbocycles. The van der Waals surface area contributed by atoms with Crippen molar-refractivity contribution >= 4 is 18.7 Å². The van der Waals surface area contributed by atoms with Gasteiger partial charge in [0.2, 0.25) is 0 Å². The summed E-state index contributed by atoms with van der Waals surface area (Å²) in [5.41, 5.74) is 0. The molecule has 0 aliphatic carbocycles. The quantitative estimate of drug-likeness (QED) is 0.0786. The molecular weight excluding hydrogens is 600 g/mol. The Hall–Kier alpha value is -1.66. The van der Waals surface area contributed by atoms with Crippen LogP contribution in [0.15, 0.2) is 60.7 Å². The van der Waals surface area contributed by atoms with Crippen molar-refractivity contribution in [3.05, 3.63) is 60.7 Å². The molecule has 8 nitrogen and oxygen atoms in total. The van der Waals surface area contributed by atoms with E-state index in [-0.39, 0.29) is 5.04 Å². The van der Waals surface area contributed by atoms with E-state index in [1.54, 1.807) is 0 Å². The Morgan fingerprint density at radius 3 is 1.09 bits per heavy atom. The summed E-state index contributed by atoms with van der Waals surface area (Å²) in [5, 5.41) is 2.50. The Labute approximate surface area is 280 Å². The molecule has 0 spiro atoms. The molecule has 0 amide bonds. The highest BCUT2D eigenvalue weighted by molar-refractivity contribution is 6.99. The predicted octanol–water partition coefficient (Wildman–Crippen LogP) is 5.65. The lowest BCUT2D eigenvalue weighted by atomic mass is 10.2. The van der Waals surface area contributed by atoms with Crippen molar-refractivity contribution in [1.82, 2.24) is 0 Å². The third-order valence-electron chi connectivity index (χ3n) is 7.59. The highest BCUT2D eigenvalue weighted by Crippen LogP contribution is 2.36. The summed E-state index contributed by atoms with van der Waals surface area (Å²) in [6.07, 6.45) is 6.29. The van der Waals surface area contributed by atoms with Crippen molar-refractivity contribution in [2.24, 2.45) is 0 Å². The number of hydrogen-bond donors (Lipinski definition) is 0. The molecular formula is C37H62O8Si. The summed E-state index contributed by atoms with van der Waals surface area (Å²) in [7, 11) is -2.52. The van der Waals surface area contributed by atoms with Gasteiger partial charge >= 0.3 is 0 Å². The first kappa shape index (κ1) is 40.5. The van der Waals surface area contributed by atoms with Gasteiger partial charge in [-0.1, -0.05) is 114 Å². The number of rotatable bonds is 30. The van der Waals surface area contributed by atoms with Gasteiger partial charge in [-0.3, -0.25) is 0 Å². The first-order valence-corrected chi connectivity index (χ1v) is 19.2. The number of hydrogen-bond acceptors (Lipinski definition) is 8. The number of benzene rings is 2. The van der Waals surface area contributed by atoms with E-state index in [0.717, 1.165) is 13.0 Å². The minimum atomic E-state index is -2.52. The predicted molar refractivity (Wildman–Crippen MR) is 188 cm³/mol. The molecule has 0 heterocycles. The molecule has 262 valence electrons. The van der Waals surface area contributed by atoms with Gasteiger partial charge < -0.3 is 37.6 Å². The van der Waals surface area contributed by atoms with Crippen LogP contribution in [0.4, 0.5) is 0 Å². The summed E-state index contributed by atoms with van der Waals surface area (Å²) in [6.45, 7) is 17.6.